The van der Waals surface area contributed by atoms with Crippen molar-refractivity contribution in [1.82, 2.24) is 10.2 Å². The van der Waals surface area contributed by atoms with Crippen LogP contribution < -0.4 is 9.62 Å². The van der Waals surface area contributed by atoms with Gasteiger partial charge in [-0.3, -0.25) is 13.9 Å². The molecule has 1 atom stereocenters. The van der Waals surface area contributed by atoms with E-state index in [1.165, 1.54) is 29.2 Å². The summed E-state index contributed by atoms with van der Waals surface area (Å²) in [5, 5.41) is 3.63. The third kappa shape index (κ3) is 8.94. The molecule has 0 fully saturated rings. The fraction of sp³-hybridized carbons (Fsp3) is 0.310. The van der Waals surface area contributed by atoms with Crippen molar-refractivity contribution in [1.29, 1.82) is 0 Å². The summed E-state index contributed by atoms with van der Waals surface area (Å²) in [6, 6.07) is 18.6. The van der Waals surface area contributed by atoms with Crippen LogP contribution in [0, 0.1) is 5.82 Å². The molecule has 11 heteroatoms. The van der Waals surface area contributed by atoms with E-state index >= 15 is 0 Å². The number of amides is 2. The third-order valence-corrected chi connectivity index (χ3v) is 8.03. The molecular formula is C29H32Cl2FN3O4S. The molecule has 7 nitrogen and oxygen atoms in total. The molecule has 0 aliphatic heterocycles. The highest BCUT2D eigenvalue weighted by Gasteiger charge is 2.30. The highest BCUT2D eigenvalue weighted by atomic mass is 35.5. The lowest BCUT2D eigenvalue weighted by molar-refractivity contribution is -0.141. The zero-order valence-electron chi connectivity index (χ0n) is 22.3. The predicted molar refractivity (Wildman–Crippen MR) is 157 cm³/mol. The van der Waals surface area contributed by atoms with E-state index in [1.807, 2.05) is 30.3 Å². The van der Waals surface area contributed by atoms with Crippen LogP contribution in [0.3, 0.4) is 0 Å². The van der Waals surface area contributed by atoms with Crippen molar-refractivity contribution in [2.75, 3.05) is 23.7 Å². The summed E-state index contributed by atoms with van der Waals surface area (Å²) in [5.41, 5.74) is 1.79. The van der Waals surface area contributed by atoms with Crippen LogP contribution in [0.2, 0.25) is 10.0 Å². The number of sulfonamides is 1. The maximum atomic E-state index is 13.7. The van der Waals surface area contributed by atoms with Gasteiger partial charge in [-0.1, -0.05) is 59.6 Å². The van der Waals surface area contributed by atoms with Gasteiger partial charge in [0.1, 0.15) is 11.9 Å². The number of likely N-dealkylation sites (N-methyl/N-ethyl adjacent to an activating group) is 1. The summed E-state index contributed by atoms with van der Waals surface area (Å²) in [7, 11) is -3.69. The molecule has 3 rings (SSSR count). The van der Waals surface area contributed by atoms with Gasteiger partial charge in [-0.05, 0) is 60.9 Å². The number of nitrogens with one attached hydrogen (secondary N) is 1. The first-order chi connectivity index (χ1) is 19.0. The molecule has 0 spiro atoms. The zero-order valence-corrected chi connectivity index (χ0v) is 24.6. The van der Waals surface area contributed by atoms with Crippen molar-refractivity contribution in [3.8, 4) is 0 Å². The fourth-order valence-electron chi connectivity index (χ4n) is 4.29. The third-order valence-electron chi connectivity index (χ3n) is 6.24. The number of halogens is 3. The van der Waals surface area contributed by atoms with E-state index in [1.54, 1.807) is 25.1 Å². The van der Waals surface area contributed by atoms with Crippen molar-refractivity contribution in [3.63, 3.8) is 0 Å². The molecule has 0 aliphatic carbocycles. The Morgan fingerprint density at radius 3 is 2.27 bits per heavy atom. The largest absolute Gasteiger partial charge is 0.355 e. The van der Waals surface area contributed by atoms with Crippen molar-refractivity contribution in [2.45, 2.75) is 38.8 Å². The van der Waals surface area contributed by atoms with E-state index in [0.29, 0.717) is 27.8 Å². The van der Waals surface area contributed by atoms with Crippen LogP contribution in [-0.4, -0.2) is 50.5 Å². The van der Waals surface area contributed by atoms with Crippen molar-refractivity contribution in [2.24, 2.45) is 0 Å². The lowest BCUT2D eigenvalue weighted by atomic mass is 10.0. The van der Waals surface area contributed by atoms with Crippen LogP contribution in [0.15, 0.2) is 72.8 Å². The molecule has 1 N–H and O–H groups in total. The Labute approximate surface area is 244 Å². The predicted octanol–water partition coefficient (Wildman–Crippen LogP) is 5.45. The van der Waals surface area contributed by atoms with Crippen molar-refractivity contribution >= 4 is 50.7 Å². The average Bonchev–Trinajstić information content (AvgIpc) is 2.90. The fourth-order valence-corrected chi connectivity index (χ4v) is 5.72. The monoisotopic (exact) mass is 607 g/mol. The molecule has 214 valence electrons. The van der Waals surface area contributed by atoms with Crippen LogP contribution in [-0.2, 0) is 32.6 Å². The van der Waals surface area contributed by atoms with Crippen LogP contribution in [0.4, 0.5) is 10.1 Å². The first-order valence-electron chi connectivity index (χ1n) is 12.8. The zero-order chi connectivity index (χ0) is 29.3. The average molecular weight is 609 g/mol. The van der Waals surface area contributed by atoms with Gasteiger partial charge in [-0.15, -0.1) is 0 Å². The summed E-state index contributed by atoms with van der Waals surface area (Å²) in [5.74, 6) is -1.14. The summed E-state index contributed by atoms with van der Waals surface area (Å²) in [6.45, 7) is 2.23. The summed E-state index contributed by atoms with van der Waals surface area (Å²) in [6.07, 6.45) is 1.46. The van der Waals surface area contributed by atoms with E-state index < -0.39 is 21.9 Å². The standard InChI is InChI=1S/C29H32Cl2FN3O4S/c1-3-33-29(37)27(18-21-8-5-4-6-9-21)34(20-22-11-12-23(30)19-26(22)31)28(36)10-7-17-35(40(2,38)39)25-15-13-24(32)14-16-25/h4-6,8-9,11-16,19,27H,3,7,10,17-18,20H2,1-2H3,(H,33,37). The van der Waals surface area contributed by atoms with E-state index in [9.17, 15) is 22.4 Å². The van der Waals surface area contributed by atoms with Gasteiger partial charge in [0.15, 0.2) is 0 Å². The molecule has 0 saturated heterocycles. The molecule has 0 radical (unpaired) electrons. The molecule has 0 aromatic heterocycles. The molecule has 0 aliphatic rings. The molecule has 40 heavy (non-hydrogen) atoms. The lowest BCUT2D eigenvalue weighted by Crippen LogP contribution is -2.50. The van der Waals surface area contributed by atoms with Gasteiger partial charge >= 0.3 is 0 Å². The quantitative estimate of drug-likeness (QED) is 0.280. The number of nitrogens with zero attached hydrogens (tertiary/aromatic N) is 2. The minimum absolute atomic E-state index is 0.00372. The molecule has 0 heterocycles. The Morgan fingerprint density at radius 2 is 1.68 bits per heavy atom. The Hall–Kier alpha value is -3.14. The molecule has 3 aromatic rings. The van der Waals surface area contributed by atoms with Crippen LogP contribution in [0.5, 0.6) is 0 Å². The van der Waals surface area contributed by atoms with E-state index in [-0.39, 0.29) is 44.2 Å². The summed E-state index contributed by atoms with van der Waals surface area (Å²) in [4.78, 5) is 28.5. The normalized spacial score (nSPS) is 12.0. The van der Waals surface area contributed by atoms with Crippen molar-refractivity contribution < 1.29 is 22.4 Å². The molecule has 0 saturated carbocycles. The molecule has 0 bridgehead atoms. The molecule has 3 aromatic carbocycles. The van der Waals surface area contributed by atoms with E-state index in [2.05, 4.69) is 5.32 Å². The lowest BCUT2D eigenvalue weighted by Gasteiger charge is -2.32. The number of anilines is 1. The van der Waals surface area contributed by atoms with Crippen LogP contribution in [0.25, 0.3) is 0 Å². The smallest absolute Gasteiger partial charge is 0.243 e. The van der Waals surface area contributed by atoms with Gasteiger partial charge in [0, 0.05) is 42.5 Å². The van der Waals surface area contributed by atoms with Crippen LogP contribution >= 0.6 is 23.2 Å². The minimum atomic E-state index is -3.69. The van der Waals surface area contributed by atoms with E-state index in [0.717, 1.165) is 16.1 Å². The number of carbonyl (C=O) groups is 2. The van der Waals surface area contributed by atoms with Gasteiger partial charge in [0.2, 0.25) is 21.8 Å². The summed E-state index contributed by atoms with van der Waals surface area (Å²) >= 11 is 12.5. The first-order valence-corrected chi connectivity index (χ1v) is 15.4. The highest BCUT2D eigenvalue weighted by Crippen LogP contribution is 2.25. The Balaban J connectivity index is 1.88. The van der Waals surface area contributed by atoms with Crippen molar-refractivity contribution in [3.05, 3.63) is 99.8 Å². The number of benzene rings is 3. The Bertz CT molecular complexity index is 1410. The number of hydrogen-bond donors (Lipinski definition) is 1. The molecular weight excluding hydrogens is 576 g/mol. The second-order valence-corrected chi connectivity index (χ2v) is 12.0. The van der Waals surface area contributed by atoms with Gasteiger partial charge in [-0.25, -0.2) is 12.8 Å². The van der Waals surface area contributed by atoms with Gasteiger partial charge in [0.25, 0.3) is 0 Å². The van der Waals surface area contributed by atoms with Gasteiger partial charge < -0.3 is 10.2 Å². The first kappa shape index (κ1) is 31.4. The summed E-state index contributed by atoms with van der Waals surface area (Å²) < 4.78 is 39.5. The van der Waals surface area contributed by atoms with Gasteiger partial charge in [-0.2, -0.15) is 0 Å². The molecule has 2 amide bonds. The minimum Gasteiger partial charge on any atom is -0.355 e. The maximum absolute atomic E-state index is 13.7. The topological polar surface area (TPSA) is 86.8 Å². The Kier molecular flexibility index (Phi) is 11.4. The second kappa shape index (κ2) is 14.5. The van der Waals surface area contributed by atoms with Crippen LogP contribution in [0.1, 0.15) is 30.9 Å². The SMILES string of the molecule is CCNC(=O)C(Cc1ccccc1)N(Cc1ccc(Cl)cc1Cl)C(=O)CCCN(c1ccc(F)cc1)S(C)(=O)=O. The van der Waals surface area contributed by atoms with E-state index in [4.69, 9.17) is 23.2 Å². The van der Waals surface area contributed by atoms with Gasteiger partial charge in [0.05, 0.1) is 11.9 Å². The Morgan fingerprint density at radius 1 is 1.00 bits per heavy atom. The number of carbonyl (C=O) groups excluding carboxylic acids is 2. The second-order valence-electron chi connectivity index (χ2n) is 9.27. The number of hydrogen-bond acceptors (Lipinski definition) is 4. The number of rotatable bonds is 13. The molecule has 1 unspecified atom stereocenters. The maximum Gasteiger partial charge on any atom is 0.243 e. The highest BCUT2D eigenvalue weighted by molar-refractivity contribution is 7.92.